The van der Waals surface area contributed by atoms with Gasteiger partial charge in [0, 0.05) is 18.1 Å². The molecule has 1 fully saturated rings. The third-order valence-corrected chi connectivity index (χ3v) is 5.65. The lowest BCUT2D eigenvalue weighted by Gasteiger charge is -2.27. The smallest absolute Gasteiger partial charge is 0.261 e. The summed E-state index contributed by atoms with van der Waals surface area (Å²) in [6.45, 7) is 7.45. The highest BCUT2D eigenvalue weighted by molar-refractivity contribution is 6.31. The van der Waals surface area contributed by atoms with Crippen molar-refractivity contribution in [1.29, 1.82) is 0 Å². The lowest BCUT2D eigenvalue weighted by molar-refractivity contribution is -0.127. The van der Waals surface area contributed by atoms with Crippen LogP contribution in [0.3, 0.4) is 0 Å². The first-order chi connectivity index (χ1) is 13.5. The molecule has 0 radical (unpaired) electrons. The van der Waals surface area contributed by atoms with E-state index in [0.717, 1.165) is 30.8 Å². The second-order valence-corrected chi connectivity index (χ2v) is 7.90. The van der Waals surface area contributed by atoms with Crippen LogP contribution in [0.25, 0.3) is 0 Å². The average molecular weight is 401 g/mol. The van der Waals surface area contributed by atoms with Gasteiger partial charge in [0.1, 0.15) is 5.75 Å². The van der Waals surface area contributed by atoms with Gasteiger partial charge in [-0.2, -0.15) is 0 Å². The van der Waals surface area contributed by atoms with Gasteiger partial charge in [0.15, 0.2) is 6.10 Å². The van der Waals surface area contributed by atoms with E-state index in [2.05, 4.69) is 28.4 Å². The quantitative estimate of drug-likeness (QED) is 0.731. The Bertz CT molecular complexity index is 803. The molecule has 0 saturated carbocycles. The third-order valence-electron chi connectivity index (χ3n) is 5.23. The molecule has 3 rings (SSSR count). The van der Waals surface area contributed by atoms with Crippen LogP contribution in [0.4, 0.5) is 0 Å². The van der Waals surface area contributed by atoms with Crippen LogP contribution in [0.2, 0.25) is 5.02 Å². The van der Waals surface area contributed by atoms with Crippen LogP contribution in [0.15, 0.2) is 42.5 Å². The van der Waals surface area contributed by atoms with Crippen LogP contribution in [0, 0.1) is 6.92 Å². The van der Waals surface area contributed by atoms with Gasteiger partial charge < -0.3 is 10.1 Å². The number of likely N-dealkylation sites (tertiary alicyclic amines) is 1. The molecule has 0 aromatic heterocycles. The zero-order valence-electron chi connectivity index (χ0n) is 16.7. The first-order valence-corrected chi connectivity index (χ1v) is 10.4. The Morgan fingerprint density at radius 3 is 2.57 bits per heavy atom. The molecule has 1 atom stereocenters. The predicted octanol–water partition coefficient (Wildman–Crippen LogP) is 4.72. The number of halogens is 1. The number of aryl methyl sites for hydroxylation is 1. The summed E-state index contributed by atoms with van der Waals surface area (Å²) in [6.07, 6.45) is 3.31. The molecule has 1 heterocycles. The maximum atomic E-state index is 12.5. The molecule has 150 valence electrons. The summed E-state index contributed by atoms with van der Waals surface area (Å²) in [6, 6.07) is 13.8. The molecule has 1 aliphatic rings. The van der Waals surface area contributed by atoms with E-state index in [-0.39, 0.29) is 5.91 Å². The number of nitrogens with zero attached hydrogens (tertiary/aromatic N) is 1. The zero-order valence-corrected chi connectivity index (χ0v) is 17.5. The summed E-state index contributed by atoms with van der Waals surface area (Å²) in [5.74, 6) is 0.524. The van der Waals surface area contributed by atoms with Gasteiger partial charge in [0.25, 0.3) is 5.91 Å². The number of hydrogen-bond acceptors (Lipinski definition) is 3. The van der Waals surface area contributed by atoms with E-state index in [0.29, 0.717) is 17.3 Å². The Balaban J connectivity index is 1.55. The van der Waals surface area contributed by atoms with Crippen LogP contribution < -0.4 is 10.1 Å². The van der Waals surface area contributed by atoms with Gasteiger partial charge in [-0.1, -0.05) is 42.3 Å². The fourth-order valence-corrected chi connectivity index (χ4v) is 3.63. The molecule has 1 unspecified atom stereocenters. The Kier molecular flexibility index (Phi) is 7.35. The van der Waals surface area contributed by atoms with Crippen molar-refractivity contribution in [2.45, 2.75) is 52.3 Å². The van der Waals surface area contributed by atoms with Crippen LogP contribution in [-0.4, -0.2) is 30.0 Å². The standard InChI is InChI=1S/C23H29ClN2O2/c1-17-14-21(10-11-22(17)24)28-18(2)23(27)25-15-19-8-4-5-9-20(19)16-26-12-6-3-7-13-26/h4-5,8-11,14,18H,3,6-7,12-13,15-16H2,1-2H3,(H,25,27). The number of benzene rings is 2. The highest BCUT2D eigenvalue weighted by atomic mass is 35.5. The van der Waals surface area contributed by atoms with Crippen molar-refractivity contribution in [2.75, 3.05) is 13.1 Å². The monoisotopic (exact) mass is 400 g/mol. The fraction of sp³-hybridized carbons (Fsp3) is 0.435. The summed E-state index contributed by atoms with van der Waals surface area (Å²) >= 11 is 6.04. The van der Waals surface area contributed by atoms with Crippen molar-refractivity contribution in [3.05, 3.63) is 64.2 Å². The number of carbonyl (C=O) groups excluding carboxylic acids is 1. The largest absolute Gasteiger partial charge is 0.481 e. The minimum atomic E-state index is -0.574. The van der Waals surface area contributed by atoms with Crippen LogP contribution in [-0.2, 0) is 17.9 Å². The van der Waals surface area contributed by atoms with Gasteiger partial charge in [-0.15, -0.1) is 0 Å². The predicted molar refractivity (Wildman–Crippen MR) is 114 cm³/mol. The molecule has 2 aromatic rings. The average Bonchev–Trinajstić information content (AvgIpc) is 2.70. The number of amides is 1. The Hall–Kier alpha value is -2.04. The number of carbonyl (C=O) groups is 1. The molecule has 5 heteroatoms. The normalized spacial score (nSPS) is 15.8. The van der Waals surface area contributed by atoms with Crippen molar-refractivity contribution in [3.8, 4) is 5.75 Å². The maximum Gasteiger partial charge on any atom is 0.261 e. The summed E-state index contributed by atoms with van der Waals surface area (Å²) < 4.78 is 5.77. The van der Waals surface area contributed by atoms with Gasteiger partial charge in [-0.25, -0.2) is 0 Å². The van der Waals surface area contributed by atoms with Crippen molar-refractivity contribution in [3.63, 3.8) is 0 Å². The summed E-state index contributed by atoms with van der Waals surface area (Å²) in [5.41, 5.74) is 3.38. The van der Waals surface area contributed by atoms with Gasteiger partial charge in [0.05, 0.1) is 0 Å². The highest BCUT2D eigenvalue weighted by Crippen LogP contribution is 2.22. The Morgan fingerprint density at radius 1 is 1.14 bits per heavy atom. The van der Waals surface area contributed by atoms with Crippen molar-refractivity contribution >= 4 is 17.5 Å². The summed E-state index contributed by atoms with van der Waals surface area (Å²) in [5, 5.41) is 3.70. The summed E-state index contributed by atoms with van der Waals surface area (Å²) in [7, 11) is 0. The molecular formula is C23H29ClN2O2. The molecule has 0 spiro atoms. The molecule has 0 aliphatic carbocycles. The van der Waals surface area contributed by atoms with Gasteiger partial charge >= 0.3 is 0 Å². The van der Waals surface area contributed by atoms with E-state index >= 15 is 0 Å². The van der Waals surface area contributed by atoms with Gasteiger partial charge in [-0.3, -0.25) is 9.69 Å². The van der Waals surface area contributed by atoms with Crippen molar-refractivity contribution in [1.82, 2.24) is 10.2 Å². The van der Waals surface area contributed by atoms with Crippen LogP contribution in [0.5, 0.6) is 5.75 Å². The Morgan fingerprint density at radius 2 is 1.86 bits per heavy atom. The van der Waals surface area contributed by atoms with E-state index in [9.17, 15) is 4.79 Å². The molecule has 1 amide bonds. The van der Waals surface area contributed by atoms with Crippen molar-refractivity contribution < 1.29 is 9.53 Å². The molecule has 28 heavy (non-hydrogen) atoms. The fourth-order valence-electron chi connectivity index (χ4n) is 3.52. The molecule has 2 aromatic carbocycles. The molecule has 0 bridgehead atoms. The molecule has 1 saturated heterocycles. The third kappa shape index (κ3) is 5.73. The van der Waals surface area contributed by atoms with E-state index in [1.54, 1.807) is 19.1 Å². The summed E-state index contributed by atoms with van der Waals surface area (Å²) in [4.78, 5) is 15.0. The van der Waals surface area contributed by atoms with Crippen molar-refractivity contribution in [2.24, 2.45) is 0 Å². The van der Waals surface area contributed by atoms with Crippen LogP contribution in [0.1, 0.15) is 42.9 Å². The number of ether oxygens (including phenoxy) is 1. The molecular weight excluding hydrogens is 372 g/mol. The Labute approximate surface area is 172 Å². The lowest BCUT2D eigenvalue weighted by atomic mass is 10.0. The number of piperidine rings is 1. The van der Waals surface area contributed by atoms with E-state index < -0.39 is 6.10 Å². The molecule has 4 nitrogen and oxygen atoms in total. The minimum Gasteiger partial charge on any atom is -0.481 e. The molecule has 1 N–H and O–H groups in total. The number of nitrogens with one attached hydrogen (secondary N) is 1. The minimum absolute atomic E-state index is 0.125. The van der Waals surface area contributed by atoms with E-state index in [1.807, 2.05) is 19.1 Å². The molecule has 1 aliphatic heterocycles. The van der Waals surface area contributed by atoms with E-state index in [4.69, 9.17) is 16.3 Å². The maximum absolute atomic E-state index is 12.5. The van der Waals surface area contributed by atoms with Gasteiger partial charge in [-0.05, 0) is 74.7 Å². The highest BCUT2D eigenvalue weighted by Gasteiger charge is 2.16. The van der Waals surface area contributed by atoms with Crippen LogP contribution >= 0.6 is 11.6 Å². The zero-order chi connectivity index (χ0) is 19.9. The van der Waals surface area contributed by atoms with E-state index in [1.165, 1.54) is 24.8 Å². The number of rotatable bonds is 7. The first-order valence-electron chi connectivity index (χ1n) is 10.0. The number of hydrogen-bond donors (Lipinski definition) is 1. The van der Waals surface area contributed by atoms with Gasteiger partial charge in [0.2, 0.25) is 0 Å². The SMILES string of the molecule is Cc1cc(OC(C)C(=O)NCc2ccccc2CN2CCCCC2)ccc1Cl. The topological polar surface area (TPSA) is 41.6 Å². The lowest BCUT2D eigenvalue weighted by Crippen LogP contribution is -2.36. The second-order valence-electron chi connectivity index (χ2n) is 7.49. The first kappa shape index (κ1) is 20.7. The second kappa shape index (κ2) is 9.94.